The van der Waals surface area contributed by atoms with Crippen molar-refractivity contribution in [3.63, 3.8) is 0 Å². The summed E-state index contributed by atoms with van der Waals surface area (Å²) in [6.45, 7) is 4.05. The van der Waals surface area contributed by atoms with Gasteiger partial charge in [0.2, 0.25) is 0 Å². The molecule has 1 unspecified atom stereocenters. The second kappa shape index (κ2) is 5.92. The number of allylic oxidation sites excluding steroid dienone is 3. The lowest BCUT2D eigenvalue weighted by Crippen LogP contribution is -2.27. The van der Waals surface area contributed by atoms with Gasteiger partial charge >= 0.3 is 0 Å². The van der Waals surface area contributed by atoms with Gasteiger partial charge in [0.15, 0.2) is 5.41 Å². The summed E-state index contributed by atoms with van der Waals surface area (Å²) in [6, 6.07) is 5.48. The highest BCUT2D eigenvalue weighted by atomic mass is 14.5. The van der Waals surface area contributed by atoms with Crippen LogP contribution in [-0.2, 0) is 0 Å². The molecule has 19 heavy (non-hydrogen) atoms. The van der Waals surface area contributed by atoms with Crippen LogP contribution < -0.4 is 0 Å². The Bertz CT molecular complexity index is 542. The number of hydrogen-bond donors (Lipinski definition) is 0. The molecule has 0 radical (unpaired) electrons. The second-order valence-corrected chi connectivity index (χ2v) is 4.98. The van der Waals surface area contributed by atoms with E-state index in [-0.39, 0.29) is 11.5 Å². The van der Waals surface area contributed by atoms with Crippen molar-refractivity contribution in [2.75, 3.05) is 0 Å². The predicted octanol–water partition coefficient (Wildman–Crippen LogP) is 3.05. The summed E-state index contributed by atoms with van der Waals surface area (Å²) in [5, 5.41) is 36.5. The molecule has 0 amide bonds. The molecule has 0 bridgehead atoms. The van der Waals surface area contributed by atoms with Crippen molar-refractivity contribution in [2.45, 2.75) is 33.1 Å². The highest BCUT2D eigenvalue weighted by molar-refractivity contribution is 5.71. The molecule has 0 aromatic rings. The van der Waals surface area contributed by atoms with Crippen LogP contribution in [0.25, 0.3) is 5.41 Å². The van der Waals surface area contributed by atoms with Crippen LogP contribution in [0.2, 0.25) is 0 Å². The highest BCUT2D eigenvalue weighted by Crippen LogP contribution is 2.43. The van der Waals surface area contributed by atoms with Gasteiger partial charge in [-0.1, -0.05) is 6.08 Å². The molecule has 1 rings (SSSR count). The minimum atomic E-state index is -1.63. The Labute approximate surface area is 113 Å². The van der Waals surface area contributed by atoms with Gasteiger partial charge < -0.3 is 5.41 Å². The fourth-order valence-electron chi connectivity index (χ4n) is 2.42. The normalized spacial score (nSPS) is 17.4. The maximum atomic E-state index is 9.31. The largest absolute Gasteiger partial charge is 0.762 e. The molecule has 4 heteroatoms. The molecule has 0 fully saturated rings. The van der Waals surface area contributed by atoms with E-state index in [1.807, 2.05) is 32.1 Å². The second-order valence-electron chi connectivity index (χ2n) is 4.98. The quantitative estimate of drug-likeness (QED) is 0.332. The van der Waals surface area contributed by atoms with E-state index in [9.17, 15) is 10.5 Å². The summed E-state index contributed by atoms with van der Waals surface area (Å²) in [4.78, 5) is 0. The molecular formula is C15H14N4. The smallest absolute Gasteiger partial charge is 0.189 e. The third kappa shape index (κ3) is 2.69. The monoisotopic (exact) mass is 250 g/mol. The molecular weight excluding hydrogens is 236 g/mol. The molecule has 1 aliphatic rings. The SMILES string of the molecule is C[C+](C)CC1=CC(C(C#N)(C#N)C(=C=[N-])C#N)CC1. The molecule has 0 heterocycles. The topological polar surface area (TPSA) is 93.7 Å². The fraction of sp³-hybridized carbons (Fsp3) is 0.467. The minimum Gasteiger partial charge on any atom is -0.762 e. The van der Waals surface area contributed by atoms with E-state index < -0.39 is 5.41 Å². The van der Waals surface area contributed by atoms with Gasteiger partial charge in [0.05, 0.1) is 37.5 Å². The number of rotatable bonds is 4. The lowest BCUT2D eigenvalue weighted by Gasteiger charge is -2.22. The highest BCUT2D eigenvalue weighted by Gasteiger charge is 2.44. The maximum Gasteiger partial charge on any atom is 0.189 e. The van der Waals surface area contributed by atoms with Gasteiger partial charge in [0.1, 0.15) is 12.5 Å². The van der Waals surface area contributed by atoms with E-state index in [0.717, 1.165) is 12.8 Å². The lowest BCUT2D eigenvalue weighted by molar-refractivity contribution is 0.447. The van der Waals surface area contributed by atoms with E-state index in [1.165, 1.54) is 11.5 Å². The first-order chi connectivity index (χ1) is 9.03. The van der Waals surface area contributed by atoms with Gasteiger partial charge in [-0.25, -0.2) is 0 Å². The Morgan fingerprint density at radius 3 is 2.47 bits per heavy atom. The number of nitrogens with zero attached hydrogens (tertiary/aromatic N) is 4. The van der Waals surface area contributed by atoms with E-state index in [2.05, 4.69) is 0 Å². The summed E-state index contributed by atoms with van der Waals surface area (Å²) in [5.74, 6) is 2.59. The van der Waals surface area contributed by atoms with Gasteiger partial charge in [-0.3, -0.25) is 5.87 Å². The van der Waals surface area contributed by atoms with Crippen LogP contribution in [0.4, 0.5) is 0 Å². The molecule has 0 saturated heterocycles. The molecule has 0 aliphatic heterocycles. The Hall–Kier alpha value is -2.47. The van der Waals surface area contributed by atoms with Gasteiger partial charge in [-0.2, -0.15) is 15.8 Å². The van der Waals surface area contributed by atoms with Crippen LogP contribution >= 0.6 is 0 Å². The maximum absolute atomic E-state index is 9.31. The zero-order valence-corrected chi connectivity index (χ0v) is 11.1. The van der Waals surface area contributed by atoms with Crippen molar-refractivity contribution in [3.8, 4) is 18.2 Å². The first-order valence-corrected chi connectivity index (χ1v) is 6.02. The zero-order valence-electron chi connectivity index (χ0n) is 11.1. The van der Waals surface area contributed by atoms with Crippen molar-refractivity contribution in [1.82, 2.24) is 0 Å². The third-order valence-corrected chi connectivity index (χ3v) is 3.32. The van der Waals surface area contributed by atoms with Gasteiger partial charge in [0.25, 0.3) is 0 Å². The fourth-order valence-corrected chi connectivity index (χ4v) is 2.42. The summed E-state index contributed by atoms with van der Waals surface area (Å²) in [5.41, 5.74) is -0.764. The summed E-state index contributed by atoms with van der Waals surface area (Å²) in [6.07, 6.45) is 4.19. The zero-order chi connectivity index (χ0) is 14.5. The lowest BCUT2D eigenvalue weighted by atomic mass is 9.72. The van der Waals surface area contributed by atoms with Crippen LogP contribution in [0.5, 0.6) is 0 Å². The average molecular weight is 250 g/mol. The minimum absolute atomic E-state index is 0.308. The molecule has 0 aromatic carbocycles. The van der Waals surface area contributed by atoms with Crippen molar-refractivity contribution < 1.29 is 0 Å². The van der Waals surface area contributed by atoms with Gasteiger partial charge in [0, 0.05) is 5.92 Å². The third-order valence-electron chi connectivity index (χ3n) is 3.32. The summed E-state index contributed by atoms with van der Waals surface area (Å²) >= 11 is 0. The molecule has 4 nitrogen and oxygen atoms in total. The van der Waals surface area contributed by atoms with Crippen LogP contribution in [0.15, 0.2) is 17.2 Å². The van der Waals surface area contributed by atoms with Crippen molar-refractivity contribution in [2.24, 2.45) is 11.3 Å². The summed E-state index contributed by atoms with van der Waals surface area (Å²) < 4.78 is 0. The van der Waals surface area contributed by atoms with Crippen LogP contribution in [0.1, 0.15) is 33.1 Å². The molecule has 0 saturated carbocycles. The Morgan fingerprint density at radius 2 is 2.05 bits per heavy atom. The molecule has 0 N–H and O–H groups in total. The Kier molecular flexibility index (Phi) is 4.55. The first-order valence-electron chi connectivity index (χ1n) is 6.02. The average Bonchev–Trinajstić information content (AvgIpc) is 2.84. The number of hydrogen-bond acceptors (Lipinski definition) is 3. The van der Waals surface area contributed by atoms with Crippen molar-refractivity contribution in [3.05, 3.63) is 28.5 Å². The van der Waals surface area contributed by atoms with Crippen LogP contribution in [-0.4, -0.2) is 5.87 Å². The van der Waals surface area contributed by atoms with Gasteiger partial charge in [-0.15, -0.1) is 0 Å². The van der Waals surface area contributed by atoms with E-state index in [1.54, 1.807) is 11.9 Å². The van der Waals surface area contributed by atoms with Crippen molar-refractivity contribution in [1.29, 1.82) is 15.8 Å². The molecule has 0 spiro atoms. The standard InChI is InChI=1S/C15H14N4/c1-11(2)5-12-3-4-13(6-12)15(9-18,10-19)14(7-16)8-17/h6,13H,3-5H2,1-2H3. The Morgan fingerprint density at radius 1 is 1.42 bits per heavy atom. The van der Waals surface area contributed by atoms with Crippen LogP contribution in [0, 0.1) is 51.2 Å². The van der Waals surface area contributed by atoms with E-state index in [4.69, 9.17) is 10.7 Å². The summed E-state index contributed by atoms with van der Waals surface area (Å²) in [7, 11) is 0. The Balaban J connectivity index is 3.16. The number of nitriles is 3. The van der Waals surface area contributed by atoms with E-state index in [0.29, 0.717) is 6.42 Å². The molecule has 94 valence electrons. The van der Waals surface area contributed by atoms with Crippen molar-refractivity contribution >= 4 is 5.87 Å². The first kappa shape index (κ1) is 14.6. The van der Waals surface area contributed by atoms with Gasteiger partial charge in [-0.05, 0) is 18.4 Å². The molecule has 1 atom stereocenters. The molecule has 1 aliphatic carbocycles. The van der Waals surface area contributed by atoms with E-state index >= 15 is 0 Å². The predicted molar refractivity (Wildman–Crippen MR) is 71.2 cm³/mol. The molecule has 0 aromatic heterocycles. The van der Waals surface area contributed by atoms with Crippen LogP contribution in [0.3, 0.4) is 0 Å².